The predicted molar refractivity (Wildman–Crippen MR) is 60.4 cm³/mol. The summed E-state index contributed by atoms with van der Waals surface area (Å²) in [4.78, 5) is 0. The van der Waals surface area contributed by atoms with Crippen LogP contribution in [-0.2, 0) is 0 Å². The van der Waals surface area contributed by atoms with Gasteiger partial charge in [-0.1, -0.05) is 15.9 Å². The molecule has 5 heteroatoms. The first-order valence-corrected chi connectivity index (χ1v) is 5.19. The van der Waals surface area contributed by atoms with Gasteiger partial charge in [-0.3, -0.25) is 0 Å². The average molecular weight is 271 g/mol. The fraction of sp³-hybridized carbons (Fsp3) is 0.300. The van der Waals surface area contributed by atoms with E-state index in [0.29, 0.717) is 11.3 Å². The van der Waals surface area contributed by atoms with Crippen LogP contribution in [0.4, 0.5) is 5.69 Å². The van der Waals surface area contributed by atoms with Crippen molar-refractivity contribution >= 4 is 21.6 Å². The Morgan fingerprint density at radius 2 is 2.27 bits per heavy atom. The number of nitriles is 1. The van der Waals surface area contributed by atoms with Gasteiger partial charge in [0.2, 0.25) is 0 Å². The number of rotatable bonds is 4. The van der Waals surface area contributed by atoms with Crippen LogP contribution in [0.3, 0.4) is 0 Å². The van der Waals surface area contributed by atoms with Gasteiger partial charge in [0, 0.05) is 11.0 Å². The Balaban J connectivity index is 2.75. The Kier molecular flexibility index (Phi) is 4.56. The van der Waals surface area contributed by atoms with Crippen molar-refractivity contribution in [2.75, 3.05) is 18.5 Å². The molecular weight excluding hydrogens is 260 g/mol. The van der Waals surface area contributed by atoms with E-state index in [1.54, 1.807) is 18.2 Å². The molecule has 0 amide bonds. The lowest BCUT2D eigenvalue weighted by atomic mass is 10.2. The molecule has 1 rings (SSSR count). The van der Waals surface area contributed by atoms with Crippen LogP contribution < -0.4 is 5.32 Å². The van der Waals surface area contributed by atoms with E-state index in [9.17, 15) is 0 Å². The SMILES string of the molecule is N#Cc1ccc(Br)cc1NC[C@H](O)CO. The second-order valence-corrected chi connectivity index (χ2v) is 3.93. The van der Waals surface area contributed by atoms with E-state index in [4.69, 9.17) is 15.5 Å². The zero-order valence-corrected chi connectivity index (χ0v) is 9.53. The van der Waals surface area contributed by atoms with E-state index in [0.717, 1.165) is 4.47 Å². The molecule has 0 heterocycles. The molecule has 1 aromatic rings. The van der Waals surface area contributed by atoms with Crippen LogP contribution in [0.5, 0.6) is 0 Å². The van der Waals surface area contributed by atoms with E-state index in [1.807, 2.05) is 6.07 Å². The van der Waals surface area contributed by atoms with Crippen molar-refractivity contribution in [3.63, 3.8) is 0 Å². The molecule has 0 unspecified atom stereocenters. The van der Waals surface area contributed by atoms with Gasteiger partial charge in [-0.15, -0.1) is 0 Å². The minimum atomic E-state index is -0.824. The highest BCUT2D eigenvalue weighted by Gasteiger charge is 2.05. The number of hydrogen-bond acceptors (Lipinski definition) is 4. The molecule has 15 heavy (non-hydrogen) atoms. The number of hydrogen-bond donors (Lipinski definition) is 3. The minimum absolute atomic E-state index is 0.210. The molecule has 0 aliphatic carbocycles. The molecule has 4 nitrogen and oxygen atoms in total. The number of aliphatic hydroxyl groups is 2. The number of anilines is 1. The maximum absolute atomic E-state index is 9.15. The summed E-state index contributed by atoms with van der Waals surface area (Å²) in [7, 11) is 0. The molecule has 1 aromatic carbocycles. The van der Waals surface area contributed by atoms with Gasteiger partial charge in [-0.2, -0.15) is 5.26 Å². The predicted octanol–water partition coefficient (Wildman–Crippen LogP) is 1.09. The van der Waals surface area contributed by atoms with E-state index >= 15 is 0 Å². The van der Waals surface area contributed by atoms with Crippen molar-refractivity contribution in [2.24, 2.45) is 0 Å². The summed E-state index contributed by atoms with van der Waals surface area (Å²) in [5.74, 6) is 0. The van der Waals surface area contributed by atoms with Crippen molar-refractivity contribution in [1.82, 2.24) is 0 Å². The van der Waals surface area contributed by atoms with Crippen molar-refractivity contribution in [3.8, 4) is 6.07 Å². The van der Waals surface area contributed by atoms with Crippen LogP contribution >= 0.6 is 15.9 Å². The first kappa shape index (κ1) is 12.0. The van der Waals surface area contributed by atoms with Crippen LogP contribution in [0.15, 0.2) is 22.7 Å². The zero-order valence-electron chi connectivity index (χ0n) is 7.94. The molecule has 3 N–H and O–H groups in total. The zero-order chi connectivity index (χ0) is 11.3. The van der Waals surface area contributed by atoms with Crippen molar-refractivity contribution in [2.45, 2.75) is 6.10 Å². The molecule has 0 radical (unpaired) electrons. The first-order valence-electron chi connectivity index (χ1n) is 4.40. The molecule has 0 saturated carbocycles. The molecule has 0 aliphatic rings. The number of nitrogens with zero attached hydrogens (tertiary/aromatic N) is 1. The largest absolute Gasteiger partial charge is 0.394 e. The van der Waals surface area contributed by atoms with E-state index in [1.165, 1.54) is 0 Å². The Labute approximate surface area is 96.3 Å². The topological polar surface area (TPSA) is 76.3 Å². The highest BCUT2D eigenvalue weighted by atomic mass is 79.9. The monoisotopic (exact) mass is 270 g/mol. The molecule has 0 spiro atoms. The van der Waals surface area contributed by atoms with Crippen LogP contribution in [0.25, 0.3) is 0 Å². The van der Waals surface area contributed by atoms with Crippen LogP contribution in [0.1, 0.15) is 5.56 Å². The van der Waals surface area contributed by atoms with Gasteiger partial charge < -0.3 is 15.5 Å². The minimum Gasteiger partial charge on any atom is -0.394 e. The summed E-state index contributed by atoms with van der Waals surface area (Å²) < 4.78 is 0.850. The average Bonchev–Trinajstić information content (AvgIpc) is 2.26. The smallest absolute Gasteiger partial charge is 0.101 e. The van der Waals surface area contributed by atoms with Crippen LogP contribution in [-0.4, -0.2) is 29.5 Å². The standard InChI is InChI=1S/C10H11BrN2O2/c11-8-2-1-7(4-12)10(3-8)13-5-9(15)6-14/h1-3,9,13-15H,5-6H2/t9-/m0/s1. The van der Waals surface area contributed by atoms with Gasteiger partial charge >= 0.3 is 0 Å². The number of benzene rings is 1. The fourth-order valence-corrected chi connectivity index (χ4v) is 1.41. The normalized spacial score (nSPS) is 11.9. The Morgan fingerprint density at radius 3 is 2.87 bits per heavy atom. The first-order chi connectivity index (χ1) is 7.17. The maximum Gasteiger partial charge on any atom is 0.101 e. The van der Waals surface area contributed by atoms with Crippen molar-refractivity contribution in [1.29, 1.82) is 5.26 Å². The molecule has 80 valence electrons. The molecular formula is C10H11BrN2O2. The summed E-state index contributed by atoms with van der Waals surface area (Å²) >= 11 is 3.29. The van der Waals surface area contributed by atoms with Gasteiger partial charge in [-0.05, 0) is 18.2 Å². The molecule has 0 saturated heterocycles. The van der Waals surface area contributed by atoms with Gasteiger partial charge in [0.25, 0.3) is 0 Å². The fourth-order valence-electron chi connectivity index (χ4n) is 1.05. The molecule has 0 fully saturated rings. The van der Waals surface area contributed by atoms with Crippen molar-refractivity contribution < 1.29 is 10.2 Å². The van der Waals surface area contributed by atoms with E-state index in [2.05, 4.69) is 21.2 Å². The molecule has 0 aliphatic heterocycles. The molecule has 1 atom stereocenters. The maximum atomic E-state index is 9.15. The van der Waals surface area contributed by atoms with Gasteiger partial charge in [-0.25, -0.2) is 0 Å². The summed E-state index contributed by atoms with van der Waals surface area (Å²) in [5.41, 5.74) is 1.14. The summed E-state index contributed by atoms with van der Waals surface area (Å²) in [5, 5.41) is 29.5. The lowest BCUT2D eigenvalue weighted by Crippen LogP contribution is -2.23. The lowest BCUT2D eigenvalue weighted by Gasteiger charge is -2.11. The summed E-state index contributed by atoms with van der Waals surface area (Å²) in [6, 6.07) is 7.24. The third-order valence-electron chi connectivity index (χ3n) is 1.84. The summed E-state index contributed by atoms with van der Waals surface area (Å²) in [6.45, 7) is -0.0927. The van der Waals surface area contributed by atoms with Crippen LogP contribution in [0.2, 0.25) is 0 Å². The number of halogens is 1. The lowest BCUT2D eigenvalue weighted by molar-refractivity contribution is 0.105. The van der Waals surface area contributed by atoms with Crippen LogP contribution in [0, 0.1) is 11.3 Å². The second kappa shape index (κ2) is 5.71. The Hall–Kier alpha value is -1.09. The van der Waals surface area contributed by atoms with Gasteiger partial charge in [0.15, 0.2) is 0 Å². The Morgan fingerprint density at radius 1 is 1.53 bits per heavy atom. The van der Waals surface area contributed by atoms with Gasteiger partial charge in [0.05, 0.1) is 24.0 Å². The quantitative estimate of drug-likeness (QED) is 0.766. The third kappa shape index (κ3) is 3.51. The van der Waals surface area contributed by atoms with Gasteiger partial charge in [0.1, 0.15) is 6.07 Å². The second-order valence-electron chi connectivity index (χ2n) is 3.02. The van der Waals surface area contributed by atoms with E-state index in [-0.39, 0.29) is 13.2 Å². The van der Waals surface area contributed by atoms with E-state index < -0.39 is 6.10 Å². The number of nitrogens with one attached hydrogen (secondary N) is 1. The number of aliphatic hydroxyl groups excluding tert-OH is 2. The summed E-state index contributed by atoms with van der Waals surface area (Å²) in [6.07, 6.45) is -0.824. The highest BCUT2D eigenvalue weighted by molar-refractivity contribution is 9.10. The third-order valence-corrected chi connectivity index (χ3v) is 2.33. The molecule has 0 aromatic heterocycles. The Bertz CT molecular complexity index is 376. The van der Waals surface area contributed by atoms with Crippen molar-refractivity contribution in [3.05, 3.63) is 28.2 Å². The molecule has 0 bridgehead atoms. The highest BCUT2D eigenvalue weighted by Crippen LogP contribution is 2.20.